The van der Waals surface area contributed by atoms with Crippen LogP contribution in [-0.2, 0) is 20.9 Å². The van der Waals surface area contributed by atoms with Gasteiger partial charge in [0.05, 0.1) is 10.2 Å². The number of carbonyl (C=O) groups excluding carboxylic acids is 2. The van der Waals surface area contributed by atoms with E-state index in [1.807, 2.05) is 24.3 Å². The number of aromatic nitrogens is 1. The maximum absolute atomic E-state index is 12.9. The molecule has 0 atom stereocenters. The van der Waals surface area contributed by atoms with Gasteiger partial charge < -0.3 is 9.64 Å². The topological polar surface area (TPSA) is 59.5 Å². The summed E-state index contributed by atoms with van der Waals surface area (Å²) in [5.41, 5.74) is 1.66. The number of halogens is 1. The standard InChI is InChI=1S/C20H17FN2O3S/c1-23(12-14-6-8-15(21)9-7-14)19(24)13-26-20(25)11-10-18-22-16-4-2-3-5-17(16)27-18/h2-11H,12-13H2,1H3/b11-10+. The number of fused-ring (bicyclic) bond motifs is 1. The SMILES string of the molecule is CN(Cc1ccc(F)cc1)C(=O)COC(=O)/C=C/c1nc2ccccc2s1. The number of likely N-dealkylation sites (N-methyl/N-ethyl adjacent to an activating group) is 1. The van der Waals surface area contributed by atoms with Crippen LogP contribution < -0.4 is 0 Å². The molecule has 0 saturated carbocycles. The second kappa shape index (κ2) is 8.55. The zero-order valence-electron chi connectivity index (χ0n) is 14.6. The Bertz CT molecular complexity index is 949. The summed E-state index contributed by atoms with van der Waals surface area (Å²) in [4.78, 5) is 29.7. The summed E-state index contributed by atoms with van der Waals surface area (Å²) in [7, 11) is 1.59. The van der Waals surface area contributed by atoms with E-state index < -0.39 is 5.97 Å². The van der Waals surface area contributed by atoms with Gasteiger partial charge in [-0.2, -0.15) is 0 Å². The van der Waals surface area contributed by atoms with E-state index in [1.54, 1.807) is 25.3 Å². The molecule has 0 aliphatic carbocycles. The lowest BCUT2D eigenvalue weighted by Crippen LogP contribution is -2.30. The van der Waals surface area contributed by atoms with Crippen LogP contribution in [-0.4, -0.2) is 35.4 Å². The van der Waals surface area contributed by atoms with E-state index in [2.05, 4.69) is 4.98 Å². The number of para-hydroxylation sites is 1. The fraction of sp³-hybridized carbons (Fsp3) is 0.150. The minimum atomic E-state index is -0.613. The van der Waals surface area contributed by atoms with Gasteiger partial charge in [0.15, 0.2) is 6.61 Å². The summed E-state index contributed by atoms with van der Waals surface area (Å²) in [5.74, 6) is -1.29. The molecule has 0 aliphatic rings. The Morgan fingerprint density at radius 2 is 1.93 bits per heavy atom. The highest BCUT2D eigenvalue weighted by molar-refractivity contribution is 7.19. The van der Waals surface area contributed by atoms with Gasteiger partial charge in [0.25, 0.3) is 5.91 Å². The maximum Gasteiger partial charge on any atom is 0.331 e. The molecule has 0 aliphatic heterocycles. The summed E-state index contributed by atoms with van der Waals surface area (Å²) in [6.45, 7) is -0.0566. The third-order valence-corrected chi connectivity index (χ3v) is 4.77. The molecular formula is C20H17FN2O3S. The summed E-state index contributed by atoms with van der Waals surface area (Å²) >= 11 is 1.46. The second-order valence-corrected chi connectivity index (χ2v) is 6.90. The van der Waals surface area contributed by atoms with Crippen LogP contribution >= 0.6 is 11.3 Å². The van der Waals surface area contributed by atoms with E-state index in [1.165, 1.54) is 34.4 Å². The predicted molar refractivity (Wildman–Crippen MR) is 102 cm³/mol. The van der Waals surface area contributed by atoms with Crippen molar-refractivity contribution in [3.63, 3.8) is 0 Å². The quantitative estimate of drug-likeness (QED) is 0.481. The van der Waals surface area contributed by atoms with E-state index in [4.69, 9.17) is 4.74 Å². The summed E-state index contributed by atoms with van der Waals surface area (Å²) in [5, 5.41) is 0.688. The summed E-state index contributed by atoms with van der Waals surface area (Å²) in [6, 6.07) is 13.6. The average molecular weight is 384 g/mol. The van der Waals surface area contributed by atoms with E-state index in [0.717, 1.165) is 15.8 Å². The van der Waals surface area contributed by atoms with Crippen LogP contribution in [0.5, 0.6) is 0 Å². The van der Waals surface area contributed by atoms with Gasteiger partial charge in [0.2, 0.25) is 0 Å². The van der Waals surface area contributed by atoms with Gasteiger partial charge in [-0.1, -0.05) is 24.3 Å². The first-order valence-corrected chi connectivity index (χ1v) is 9.02. The first kappa shape index (κ1) is 18.7. The lowest BCUT2D eigenvalue weighted by atomic mass is 10.2. The molecule has 7 heteroatoms. The molecular weight excluding hydrogens is 367 g/mol. The third-order valence-electron chi connectivity index (χ3n) is 3.77. The number of hydrogen-bond acceptors (Lipinski definition) is 5. The fourth-order valence-corrected chi connectivity index (χ4v) is 3.21. The van der Waals surface area contributed by atoms with Crippen molar-refractivity contribution in [2.75, 3.05) is 13.7 Å². The molecule has 0 N–H and O–H groups in total. The molecule has 0 saturated heterocycles. The molecule has 0 bridgehead atoms. The van der Waals surface area contributed by atoms with Gasteiger partial charge in [-0.15, -0.1) is 11.3 Å². The number of carbonyl (C=O) groups is 2. The second-order valence-electron chi connectivity index (χ2n) is 5.84. The molecule has 0 unspecified atom stereocenters. The van der Waals surface area contributed by atoms with Crippen molar-refractivity contribution in [2.24, 2.45) is 0 Å². The molecule has 1 aromatic heterocycles. The fourth-order valence-electron chi connectivity index (χ4n) is 2.34. The van der Waals surface area contributed by atoms with Gasteiger partial charge >= 0.3 is 5.97 Å². The van der Waals surface area contributed by atoms with Gasteiger partial charge in [0, 0.05) is 19.7 Å². The van der Waals surface area contributed by atoms with E-state index in [-0.39, 0.29) is 18.3 Å². The first-order valence-electron chi connectivity index (χ1n) is 8.20. The first-order chi connectivity index (χ1) is 13.0. The maximum atomic E-state index is 12.9. The number of benzene rings is 2. The van der Waals surface area contributed by atoms with Crippen molar-refractivity contribution in [3.8, 4) is 0 Å². The molecule has 3 aromatic rings. The lowest BCUT2D eigenvalue weighted by molar-refractivity contribution is -0.147. The minimum Gasteiger partial charge on any atom is -0.452 e. The van der Waals surface area contributed by atoms with Crippen molar-refractivity contribution >= 4 is 39.5 Å². The Labute approximate surface area is 159 Å². The largest absolute Gasteiger partial charge is 0.452 e. The number of thiazole rings is 1. The van der Waals surface area contributed by atoms with Gasteiger partial charge in [-0.25, -0.2) is 14.2 Å². The molecule has 0 fully saturated rings. The Morgan fingerprint density at radius 1 is 1.19 bits per heavy atom. The number of hydrogen-bond donors (Lipinski definition) is 0. The highest BCUT2D eigenvalue weighted by Gasteiger charge is 2.11. The number of rotatable bonds is 6. The number of ether oxygens (including phenoxy) is 1. The van der Waals surface area contributed by atoms with E-state index >= 15 is 0 Å². The molecule has 138 valence electrons. The van der Waals surface area contributed by atoms with Crippen LogP contribution in [0.1, 0.15) is 10.6 Å². The number of nitrogens with zero attached hydrogens (tertiary/aromatic N) is 2. The zero-order valence-corrected chi connectivity index (χ0v) is 15.4. The van der Waals surface area contributed by atoms with Crippen LogP contribution in [0.25, 0.3) is 16.3 Å². The zero-order chi connectivity index (χ0) is 19.2. The van der Waals surface area contributed by atoms with Gasteiger partial charge in [-0.3, -0.25) is 4.79 Å². The highest BCUT2D eigenvalue weighted by Crippen LogP contribution is 2.22. The highest BCUT2D eigenvalue weighted by atomic mass is 32.1. The predicted octanol–water partition coefficient (Wildman–Crippen LogP) is 3.65. The Kier molecular flexibility index (Phi) is 5.93. The molecule has 5 nitrogen and oxygen atoms in total. The molecule has 0 radical (unpaired) electrons. The van der Waals surface area contributed by atoms with E-state index in [0.29, 0.717) is 11.6 Å². The van der Waals surface area contributed by atoms with Crippen LogP contribution in [0.3, 0.4) is 0 Å². The number of esters is 1. The van der Waals surface area contributed by atoms with Gasteiger partial charge in [0.1, 0.15) is 10.8 Å². The van der Waals surface area contributed by atoms with Crippen molar-refractivity contribution in [1.82, 2.24) is 9.88 Å². The summed E-state index contributed by atoms with van der Waals surface area (Å²) in [6.07, 6.45) is 2.82. The molecule has 1 heterocycles. The molecule has 3 rings (SSSR count). The summed E-state index contributed by atoms with van der Waals surface area (Å²) < 4.78 is 18.9. The van der Waals surface area contributed by atoms with Crippen LogP contribution in [0, 0.1) is 5.82 Å². The van der Waals surface area contributed by atoms with Crippen molar-refractivity contribution < 1.29 is 18.7 Å². The van der Waals surface area contributed by atoms with Crippen LogP contribution in [0.2, 0.25) is 0 Å². The van der Waals surface area contributed by atoms with Gasteiger partial charge in [-0.05, 0) is 35.9 Å². The molecule has 2 aromatic carbocycles. The third kappa shape index (κ3) is 5.21. The lowest BCUT2D eigenvalue weighted by Gasteiger charge is -2.16. The van der Waals surface area contributed by atoms with Crippen LogP contribution in [0.4, 0.5) is 4.39 Å². The minimum absolute atomic E-state index is 0.304. The van der Waals surface area contributed by atoms with Crippen molar-refractivity contribution in [3.05, 3.63) is 71.0 Å². The van der Waals surface area contributed by atoms with Crippen molar-refractivity contribution in [2.45, 2.75) is 6.54 Å². The Hall–Kier alpha value is -3.06. The molecule has 0 spiro atoms. The van der Waals surface area contributed by atoms with E-state index in [9.17, 15) is 14.0 Å². The normalized spacial score (nSPS) is 11.0. The van der Waals surface area contributed by atoms with Crippen LogP contribution in [0.15, 0.2) is 54.6 Å². The Morgan fingerprint density at radius 3 is 2.67 bits per heavy atom. The number of amides is 1. The molecule has 27 heavy (non-hydrogen) atoms. The smallest absolute Gasteiger partial charge is 0.331 e. The monoisotopic (exact) mass is 384 g/mol. The molecule has 1 amide bonds. The van der Waals surface area contributed by atoms with Crippen molar-refractivity contribution in [1.29, 1.82) is 0 Å². The average Bonchev–Trinajstić information content (AvgIpc) is 3.09. The Balaban J connectivity index is 1.48.